The fourth-order valence-electron chi connectivity index (χ4n) is 1.29. The van der Waals surface area contributed by atoms with Crippen molar-refractivity contribution in [2.45, 2.75) is 24.3 Å². The van der Waals surface area contributed by atoms with Crippen LogP contribution in [0.3, 0.4) is 0 Å². The molecule has 0 saturated heterocycles. The van der Waals surface area contributed by atoms with Crippen LogP contribution in [0, 0.1) is 11.6 Å². The van der Waals surface area contributed by atoms with Gasteiger partial charge in [0, 0.05) is 6.04 Å². The average molecular weight is 280 g/mol. The van der Waals surface area contributed by atoms with Gasteiger partial charge >= 0.3 is 0 Å². The molecule has 1 rings (SSSR count). The first kappa shape index (κ1) is 14.8. The molecule has 0 fully saturated rings. The van der Waals surface area contributed by atoms with Crippen molar-refractivity contribution >= 4 is 15.7 Å². The summed E-state index contributed by atoms with van der Waals surface area (Å²) in [5.74, 6) is -2.36. The predicted molar refractivity (Wildman–Crippen MR) is 62.3 cm³/mol. The van der Waals surface area contributed by atoms with Gasteiger partial charge in [0.1, 0.15) is 16.4 Å². The van der Waals surface area contributed by atoms with Crippen LogP contribution in [0.4, 0.5) is 14.5 Å². The molecule has 4 N–H and O–H groups in total. The van der Waals surface area contributed by atoms with Gasteiger partial charge in [-0.25, -0.2) is 21.9 Å². The van der Waals surface area contributed by atoms with Crippen LogP contribution >= 0.6 is 0 Å². The smallest absolute Gasteiger partial charge is 0.243 e. The summed E-state index contributed by atoms with van der Waals surface area (Å²) >= 11 is 0. The second kappa shape index (κ2) is 5.59. The second-order valence-corrected chi connectivity index (χ2v) is 5.36. The number of aliphatic hydroxyl groups is 1. The Kier molecular flexibility index (Phi) is 4.60. The van der Waals surface area contributed by atoms with Crippen LogP contribution in [0.25, 0.3) is 0 Å². The lowest BCUT2D eigenvalue weighted by molar-refractivity contribution is 0.253. The minimum absolute atomic E-state index is 0.327. The van der Waals surface area contributed by atoms with E-state index >= 15 is 0 Å². The summed E-state index contributed by atoms with van der Waals surface area (Å²) in [6.07, 6.45) is 0.327. The van der Waals surface area contributed by atoms with Crippen LogP contribution in [-0.4, -0.2) is 26.2 Å². The van der Waals surface area contributed by atoms with Crippen LogP contribution in [0.2, 0.25) is 0 Å². The maximum atomic E-state index is 13.6. The minimum atomic E-state index is -4.19. The number of hydrogen-bond acceptors (Lipinski definition) is 4. The van der Waals surface area contributed by atoms with Crippen LogP contribution in [0.1, 0.15) is 13.3 Å². The fraction of sp³-hybridized carbons (Fsp3) is 0.400. The summed E-state index contributed by atoms with van der Waals surface area (Å²) in [7, 11) is -4.19. The van der Waals surface area contributed by atoms with Crippen molar-refractivity contribution in [1.82, 2.24) is 4.72 Å². The normalized spacial score (nSPS) is 13.6. The number of anilines is 1. The number of sulfonamides is 1. The molecule has 0 aliphatic carbocycles. The molecule has 5 nitrogen and oxygen atoms in total. The molecule has 0 aromatic heterocycles. The number of aliphatic hydroxyl groups excluding tert-OH is 1. The zero-order valence-corrected chi connectivity index (χ0v) is 10.5. The first-order chi connectivity index (χ1) is 8.33. The minimum Gasteiger partial charge on any atom is -0.395 e. The third kappa shape index (κ3) is 2.95. The lowest BCUT2D eigenvalue weighted by Gasteiger charge is -2.15. The van der Waals surface area contributed by atoms with E-state index in [0.29, 0.717) is 6.42 Å². The highest BCUT2D eigenvalue weighted by molar-refractivity contribution is 7.89. The Bertz CT molecular complexity index is 530. The van der Waals surface area contributed by atoms with Crippen molar-refractivity contribution < 1.29 is 22.3 Å². The SMILES string of the molecule is CC[C@@H](CO)NS(=O)(=O)c1ccc(F)c(N)c1F. The Balaban J connectivity index is 3.17. The Hall–Kier alpha value is -1.25. The Morgan fingerprint density at radius 2 is 2.06 bits per heavy atom. The van der Waals surface area contributed by atoms with Crippen molar-refractivity contribution in [2.24, 2.45) is 0 Å². The molecule has 0 amide bonds. The molecule has 0 spiro atoms. The zero-order chi connectivity index (χ0) is 13.9. The van der Waals surface area contributed by atoms with Gasteiger partial charge in [-0.05, 0) is 18.6 Å². The van der Waals surface area contributed by atoms with Gasteiger partial charge in [-0.1, -0.05) is 6.92 Å². The van der Waals surface area contributed by atoms with Gasteiger partial charge in [-0.15, -0.1) is 0 Å². The Labute approximate surface area is 104 Å². The van der Waals surface area contributed by atoms with E-state index in [1.165, 1.54) is 0 Å². The van der Waals surface area contributed by atoms with Crippen molar-refractivity contribution in [2.75, 3.05) is 12.3 Å². The Morgan fingerprint density at radius 1 is 1.44 bits per heavy atom. The molecule has 1 atom stereocenters. The van der Waals surface area contributed by atoms with Gasteiger partial charge < -0.3 is 10.8 Å². The lowest BCUT2D eigenvalue weighted by Crippen LogP contribution is -2.37. The highest BCUT2D eigenvalue weighted by Gasteiger charge is 2.24. The standard InChI is InChI=1S/C10H14F2N2O3S/c1-2-6(5-15)14-18(16,17)8-4-3-7(11)10(13)9(8)12/h3-4,6,14-15H,2,5,13H2,1H3/t6-/m0/s1. The van der Waals surface area contributed by atoms with E-state index < -0.39 is 44.9 Å². The number of benzene rings is 1. The highest BCUT2D eigenvalue weighted by atomic mass is 32.2. The third-order valence-electron chi connectivity index (χ3n) is 2.42. The van der Waals surface area contributed by atoms with E-state index in [-0.39, 0.29) is 0 Å². The molecular weight excluding hydrogens is 266 g/mol. The van der Waals surface area contributed by atoms with Crippen LogP contribution in [-0.2, 0) is 10.0 Å². The van der Waals surface area contributed by atoms with Crippen molar-refractivity contribution in [3.05, 3.63) is 23.8 Å². The van der Waals surface area contributed by atoms with Crippen molar-refractivity contribution in [3.63, 3.8) is 0 Å². The van der Waals surface area contributed by atoms with Crippen molar-refractivity contribution in [1.29, 1.82) is 0 Å². The van der Waals surface area contributed by atoms with E-state index in [1.807, 2.05) is 0 Å². The summed E-state index contributed by atoms with van der Waals surface area (Å²) in [5, 5.41) is 8.90. The average Bonchev–Trinajstić information content (AvgIpc) is 2.32. The lowest BCUT2D eigenvalue weighted by atomic mass is 10.3. The summed E-state index contributed by atoms with van der Waals surface area (Å²) in [4.78, 5) is -0.742. The summed E-state index contributed by atoms with van der Waals surface area (Å²) in [6.45, 7) is 1.23. The van der Waals surface area contributed by atoms with E-state index in [4.69, 9.17) is 10.8 Å². The van der Waals surface area contributed by atoms with Crippen LogP contribution in [0.15, 0.2) is 17.0 Å². The van der Waals surface area contributed by atoms with Gasteiger partial charge in [0.25, 0.3) is 0 Å². The number of nitrogen functional groups attached to an aromatic ring is 1. The summed E-state index contributed by atoms with van der Waals surface area (Å²) < 4.78 is 52.2. The molecule has 0 bridgehead atoms. The predicted octanol–water partition coefficient (Wildman–Crippen LogP) is 0.596. The van der Waals surface area contributed by atoms with E-state index in [0.717, 1.165) is 12.1 Å². The van der Waals surface area contributed by atoms with Crippen LogP contribution < -0.4 is 10.5 Å². The van der Waals surface area contributed by atoms with E-state index in [2.05, 4.69) is 4.72 Å². The van der Waals surface area contributed by atoms with E-state index in [1.54, 1.807) is 6.92 Å². The summed E-state index contributed by atoms with van der Waals surface area (Å²) in [5.41, 5.74) is 4.23. The highest BCUT2D eigenvalue weighted by Crippen LogP contribution is 2.22. The van der Waals surface area contributed by atoms with Gasteiger partial charge in [-0.3, -0.25) is 0 Å². The van der Waals surface area contributed by atoms with Crippen LogP contribution in [0.5, 0.6) is 0 Å². The summed E-state index contributed by atoms with van der Waals surface area (Å²) in [6, 6.07) is 0.820. The third-order valence-corrected chi connectivity index (χ3v) is 3.95. The number of nitrogens with one attached hydrogen (secondary N) is 1. The quantitative estimate of drug-likeness (QED) is 0.688. The molecule has 102 valence electrons. The van der Waals surface area contributed by atoms with E-state index in [9.17, 15) is 17.2 Å². The first-order valence-electron chi connectivity index (χ1n) is 5.20. The molecule has 8 heteroatoms. The number of rotatable bonds is 5. The molecule has 1 aromatic rings. The second-order valence-electron chi connectivity index (χ2n) is 3.68. The first-order valence-corrected chi connectivity index (χ1v) is 6.68. The topological polar surface area (TPSA) is 92.4 Å². The Morgan fingerprint density at radius 3 is 2.56 bits per heavy atom. The monoisotopic (exact) mass is 280 g/mol. The molecule has 0 aliphatic heterocycles. The molecule has 0 heterocycles. The molecule has 1 aromatic carbocycles. The van der Waals surface area contributed by atoms with Crippen molar-refractivity contribution in [3.8, 4) is 0 Å². The van der Waals surface area contributed by atoms with Gasteiger partial charge in [0.15, 0.2) is 5.82 Å². The van der Waals surface area contributed by atoms with Gasteiger partial charge in [0.2, 0.25) is 10.0 Å². The zero-order valence-electron chi connectivity index (χ0n) is 9.65. The maximum Gasteiger partial charge on any atom is 0.243 e. The molecule has 0 radical (unpaired) electrons. The van der Waals surface area contributed by atoms with Gasteiger partial charge in [-0.2, -0.15) is 0 Å². The number of halogens is 2. The number of hydrogen-bond donors (Lipinski definition) is 3. The molecule has 18 heavy (non-hydrogen) atoms. The number of nitrogens with two attached hydrogens (primary N) is 1. The maximum absolute atomic E-state index is 13.6. The fourth-order valence-corrected chi connectivity index (χ4v) is 2.69. The molecule has 0 aliphatic rings. The molecular formula is C10H14F2N2O3S. The van der Waals surface area contributed by atoms with Gasteiger partial charge in [0.05, 0.1) is 6.61 Å². The largest absolute Gasteiger partial charge is 0.395 e. The molecule has 0 saturated carbocycles. The molecule has 0 unspecified atom stereocenters.